The second-order valence-corrected chi connectivity index (χ2v) is 7.83. The van der Waals surface area contributed by atoms with E-state index in [4.69, 9.17) is 16.3 Å². The maximum atomic E-state index is 13.8. The lowest BCUT2D eigenvalue weighted by atomic mass is 10.1. The summed E-state index contributed by atoms with van der Waals surface area (Å²) in [6.07, 6.45) is -1.18. The largest absolute Gasteiger partial charge is 0.440 e. The van der Waals surface area contributed by atoms with Gasteiger partial charge in [-0.1, -0.05) is 35.9 Å². The van der Waals surface area contributed by atoms with Gasteiger partial charge in [0.15, 0.2) is 0 Å². The zero-order valence-electron chi connectivity index (χ0n) is 15.7. The van der Waals surface area contributed by atoms with E-state index in [2.05, 4.69) is 5.32 Å². The number of nitrogens with one attached hydrogen (secondary N) is 1. The highest BCUT2D eigenvalue weighted by Crippen LogP contribution is 2.38. The van der Waals surface area contributed by atoms with Crippen LogP contribution in [0.25, 0.3) is 16.6 Å². The van der Waals surface area contributed by atoms with Gasteiger partial charge in [0.25, 0.3) is 0 Å². The molecule has 6 heteroatoms. The summed E-state index contributed by atoms with van der Waals surface area (Å²) in [6.45, 7) is 7.36. The van der Waals surface area contributed by atoms with Crippen LogP contribution in [0, 0.1) is 5.82 Å². The number of alkyl carbamates (subject to hydrolysis) is 1. The fourth-order valence-corrected chi connectivity index (χ4v) is 3.42. The quantitative estimate of drug-likeness (QED) is 0.597. The molecule has 1 N–H and O–H groups in total. The number of halogens is 2. The molecule has 2 aromatic carbocycles. The third-order valence-electron chi connectivity index (χ3n) is 4.06. The predicted octanol–water partition coefficient (Wildman–Crippen LogP) is 6.01. The monoisotopic (exact) mass is 388 g/mol. The molecule has 3 aromatic rings. The highest BCUT2D eigenvalue weighted by molar-refractivity contribution is 6.36. The smallest absolute Gasteiger partial charge is 0.408 e. The van der Waals surface area contributed by atoms with Gasteiger partial charge in [-0.05, 0) is 52.0 Å². The summed E-state index contributed by atoms with van der Waals surface area (Å²) in [7, 11) is 0. The van der Waals surface area contributed by atoms with E-state index in [1.807, 2.05) is 49.6 Å². The maximum absolute atomic E-state index is 13.8. The number of amides is 1. The molecule has 3 rings (SSSR count). The van der Waals surface area contributed by atoms with Gasteiger partial charge in [-0.15, -0.1) is 0 Å². The van der Waals surface area contributed by atoms with E-state index in [0.29, 0.717) is 16.4 Å². The van der Waals surface area contributed by atoms with Crippen LogP contribution in [0.5, 0.6) is 0 Å². The molecule has 0 spiro atoms. The molecule has 0 aliphatic carbocycles. The Balaban J connectivity index is 2.10. The van der Waals surface area contributed by atoms with Crippen molar-refractivity contribution in [2.75, 3.05) is 0 Å². The van der Waals surface area contributed by atoms with Crippen LogP contribution in [-0.2, 0) is 4.74 Å². The summed E-state index contributed by atoms with van der Waals surface area (Å²) < 4.78 is 21.2. The van der Waals surface area contributed by atoms with Gasteiger partial charge in [0.2, 0.25) is 0 Å². The Hall–Kier alpha value is -2.53. The first kappa shape index (κ1) is 19.2. The van der Waals surface area contributed by atoms with E-state index in [0.717, 1.165) is 10.9 Å². The van der Waals surface area contributed by atoms with Crippen molar-refractivity contribution in [1.82, 2.24) is 9.88 Å². The predicted molar refractivity (Wildman–Crippen MR) is 106 cm³/mol. The number of nitrogens with zero attached hydrogens (tertiary/aromatic N) is 1. The minimum Gasteiger partial charge on any atom is -0.440 e. The first-order valence-corrected chi connectivity index (χ1v) is 9.09. The fourth-order valence-electron chi connectivity index (χ4n) is 3.03. The van der Waals surface area contributed by atoms with Gasteiger partial charge >= 0.3 is 6.09 Å². The second-order valence-electron chi connectivity index (χ2n) is 7.45. The Morgan fingerprint density at radius 2 is 1.89 bits per heavy atom. The van der Waals surface area contributed by atoms with Gasteiger partial charge < -0.3 is 14.6 Å². The minimum absolute atomic E-state index is 0.355. The van der Waals surface area contributed by atoms with Crippen molar-refractivity contribution in [3.05, 3.63) is 65.1 Å². The van der Waals surface area contributed by atoms with Crippen molar-refractivity contribution in [1.29, 1.82) is 0 Å². The molecule has 0 fully saturated rings. The molecular weight excluding hydrogens is 367 g/mol. The lowest BCUT2D eigenvalue weighted by Crippen LogP contribution is -2.41. The first-order chi connectivity index (χ1) is 12.7. The summed E-state index contributed by atoms with van der Waals surface area (Å²) >= 11 is 6.64. The Labute approximate surface area is 162 Å². The number of benzene rings is 2. The Morgan fingerprint density at radius 3 is 2.56 bits per heavy atom. The van der Waals surface area contributed by atoms with Gasteiger partial charge in [-0.2, -0.15) is 0 Å². The maximum Gasteiger partial charge on any atom is 0.408 e. The molecule has 142 valence electrons. The first-order valence-electron chi connectivity index (χ1n) is 8.71. The Morgan fingerprint density at radius 1 is 1.19 bits per heavy atom. The summed E-state index contributed by atoms with van der Waals surface area (Å²) in [5.74, 6) is -0.355. The van der Waals surface area contributed by atoms with E-state index in [9.17, 15) is 9.18 Å². The Kier molecular flexibility index (Phi) is 5.16. The molecule has 4 nitrogen and oxygen atoms in total. The average molecular weight is 389 g/mol. The Bertz CT molecular complexity index is 992. The second kappa shape index (κ2) is 7.24. The molecule has 0 aliphatic heterocycles. The van der Waals surface area contributed by atoms with Gasteiger partial charge in [0.05, 0.1) is 16.2 Å². The van der Waals surface area contributed by atoms with E-state index in [-0.39, 0.29) is 5.82 Å². The molecule has 0 aliphatic rings. The highest BCUT2D eigenvalue weighted by atomic mass is 35.5. The summed E-state index contributed by atoms with van der Waals surface area (Å²) in [5, 5.41) is 4.06. The number of hydrogen-bond donors (Lipinski definition) is 1. The van der Waals surface area contributed by atoms with Crippen LogP contribution in [0.2, 0.25) is 5.02 Å². The minimum atomic E-state index is -0.643. The molecule has 0 saturated carbocycles. The van der Waals surface area contributed by atoms with Crippen molar-refractivity contribution < 1.29 is 13.9 Å². The van der Waals surface area contributed by atoms with Crippen molar-refractivity contribution in [3.8, 4) is 5.69 Å². The molecule has 27 heavy (non-hydrogen) atoms. The van der Waals surface area contributed by atoms with Crippen LogP contribution in [-0.4, -0.2) is 16.2 Å². The number of hydrogen-bond acceptors (Lipinski definition) is 2. The summed E-state index contributed by atoms with van der Waals surface area (Å²) in [5.41, 5.74) is 1.60. The third-order valence-corrected chi connectivity index (χ3v) is 4.46. The zero-order chi connectivity index (χ0) is 19.8. The summed E-state index contributed by atoms with van der Waals surface area (Å²) in [6, 6.07) is 13.8. The summed E-state index contributed by atoms with van der Waals surface area (Å²) in [4.78, 5) is 12.2. The third kappa shape index (κ3) is 4.08. The molecule has 1 unspecified atom stereocenters. The van der Waals surface area contributed by atoms with E-state index in [1.54, 1.807) is 19.1 Å². The lowest BCUT2D eigenvalue weighted by molar-refractivity contribution is 0.0975. The number of rotatable bonds is 3. The molecule has 1 amide bonds. The van der Waals surface area contributed by atoms with E-state index in [1.165, 1.54) is 12.1 Å². The van der Waals surface area contributed by atoms with Crippen molar-refractivity contribution in [3.63, 3.8) is 0 Å². The molecule has 1 aromatic heterocycles. The normalized spacial score (nSPS) is 12.8. The van der Waals surface area contributed by atoms with Crippen LogP contribution >= 0.6 is 11.6 Å². The lowest BCUT2D eigenvalue weighted by Gasteiger charge is -2.23. The van der Waals surface area contributed by atoms with Crippen molar-refractivity contribution in [2.45, 2.75) is 39.3 Å². The number of carbonyl (C=O) groups excluding carboxylic acids is 1. The van der Waals surface area contributed by atoms with Crippen LogP contribution in [0.1, 0.15) is 39.5 Å². The number of para-hydroxylation sites is 1. The van der Waals surface area contributed by atoms with Crippen molar-refractivity contribution >= 4 is 28.6 Å². The van der Waals surface area contributed by atoms with Gasteiger partial charge in [0, 0.05) is 16.6 Å². The van der Waals surface area contributed by atoms with Gasteiger partial charge in [0.1, 0.15) is 11.9 Å². The average Bonchev–Trinajstić information content (AvgIpc) is 2.86. The fraction of sp³-hybridized carbons (Fsp3) is 0.286. The van der Waals surface area contributed by atoms with Crippen molar-refractivity contribution in [2.24, 2.45) is 0 Å². The molecule has 0 saturated heterocycles. The number of carbonyl (C=O) groups is 1. The molecule has 0 bridgehead atoms. The van der Waals surface area contributed by atoms with E-state index >= 15 is 0 Å². The molecule has 0 radical (unpaired) electrons. The van der Waals surface area contributed by atoms with Crippen LogP contribution in [0.15, 0.2) is 48.5 Å². The van der Waals surface area contributed by atoms with Crippen LogP contribution in [0.4, 0.5) is 9.18 Å². The van der Waals surface area contributed by atoms with Crippen LogP contribution in [0.3, 0.4) is 0 Å². The molecule has 1 heterocycles. The number of ether oxygens (including phenoxy) is 1. The molecule has 1 atom stereocenters. The zero-order valence-corrected chi connectivity index (χ0v) is 16.5. The topological polar surface area (TPSA) is 43.3 Å². The number of fused-ring (bicyclic) bond motifs is 1. The van der Waals surface area contributed by atoms with Gasteiger partial charge in [-0.25, -0.2) is 9.18 Å². The SMILES string of the molecule is CC(OC(=O)NC(C)(C)C)c1c(Cl)c2ccccc2n1-c1cccc(F)c1. The standard InChI is InChI=1S/C21H22ClFN2O2/c1-13(27-20(26)24-21(2,3)4)19-18(22)16-10-5-6-11-17(16)25(19)15-9-7-8-14(23)12-15/h5-13H,1-4H3,(H,24,26). The molecular formula is C21H22ClFN2O2. The van der Waals surface area contributed by atoms with Gasteiger partial charge in [-0.3, -0.25) is 0 Å². The van der Waals surface area contributed by atoms with Crippen LogP contribution < -0.4 is 5.32 Å². The number of aromatic nitrogens is 1. The van der Waals surface area contributed by atoms with E-state index < -0.39 is 17.7 Å². The highest BCUT2D eigenvalue weighted by Gasteiger charge is 2.25.